The molecule has 1 aromatic heterocycles. The van der Waals surface area contributed by atoms with Crippen LogP contribution in [0, 0.1) is 0 Å². The lowest BCUT2D eigenvalue weighted by Crippen LogP contribution is -2.27. The van der Waals surface area contributed by atoms with Gasteiger partial charge in [0, 0.05) is 25.1 Å². The van der Waals surface area contributed by atoms with Gasteiger partial charge in [0.2, 0.25) is 5.91 Å². The molecule has 0 saturated heterocycles. The summed E-state index contributed by atoms with van der Waals surface area (Å²) in [6.45, 7) is 2.64. The molecule has 5 heteroatoms. The molecule has 0 atom stereocenters. The van der Waals surface area contributed by atoms with Crippen LogP contribution in [-0.4, -0.2) is 15.5 Å². The van der Waals surface area contributed by atoms with E-state index in [1.54, 1.807) is 4.57 Å². The Balaban J connectivity index is 1.52. The van der Waals surface area contributed by atoms with Crippen LogP contribution in [-0.2, 0) is 30.6 Å². The molecule has 3 aromatic carbocycles. The van der Waals surface area contributed by atoms with Crippen molar-refractivity contribution in [1.29, 1.82) is 0 Å². The summed E-state index contributed by atoms with van der Waals surface area (Å²) in [4.78, 5) is 30.3. The molecular weight excluding hydrogens is 398 g/mol. The molecule has 0 bridgehead atoms. The van der Waals surface area contributed by atoms with E-state index in [4.69, 9.17) is 0 Å². The van der Waals surface area contributed by atoms with Gasteiger partial charge < -0.3 is 9.88 Å². The first-order chi connectivity index (χ1) is 15.6. The Morgan fingerprint density at radius 1 is 0.906 bits per heavy atom. The second-order valence-electron chi connectivity index (χ2n) is 7.84. The van der Waals surface area contributed by atoms with Crippen LogP contribution < -0.4 is 10.9 Å². The van der Waals surface area contributed by atoms with E-state index in [1.807, 2.05) is 66.7 Å². The maximum atomic E-state index is 13.2. The third-order valence-electron chi connectivity index (χ3n) is 5.59. The third kappa shape index (κ3) is 5.11. The van der Waals surface area contributed by atoms with Crippen molar-refractivity contribution in [2.45, 2.75) is 39.2 Å². The molecule has 5 nitrogen and oxygen atoms in total. The number of aryl methyl sites for hydroxylation is 4. The SMILES string of the molecule is CCc1cccc(NC(=O)CCc2nc3ccccc3n(CCc3ccccc3)c2=O)c1. The number of aromatic nitrogens is 2. The van der Waals surface area contributed by atoms with Gasteiger partial charge in [-0.1, -0.05) is 61.5 Å². The predicted molar refractivity (Wildman–Crippen MR) is 129 cm³/mol. The van der Waals surface area contributed by atoms with E-state index in [9.17, 15) is 9.59 Å². The molecule has 162 valence electrons. The summed E-state index contributed by atoms with van der Waals surface area (Å²) in [5.74, 6) is -0.122. The largest absolute Gasteiger partial charge is 0.326 e. The van der Waals surface area contributed by atoms with Crippen LogP contribution in [0.3, 0.4) is 0 Å². The Bertz CT molecular complexity index is 1280. The number of hydrogen-bond donors (Lipinski definition) is 1. The number of para-hydroxylation sites is 2. The Kier molecular flexibility index (Phi) is 6.75. The van der Waals surface area contributed by atoms with Gasteiger partial charge in [-0.25, -0.2) is 4.98 Å². The number of carbonyl (C=O) groups is 1. The molecule has 4 rings (SSSR count). The zero-order chi connectivity index (χ0) is 22.3. The Hall–Kier alpha value is -3.73. The van der Waals surface area contributed by atoms with E-state index in [0.717, 1.165) is 29.6 Å². The molecule has 1 heterocycles. The number of nitrogens with one attached hydrogen (secondary N) is 1. The summed E-state index contributed by atoms with van der Waals surface area (Å²) in [6, 6.07) is 25.6. The van der Waals surface area contributed by atoms with Gasteiger partial charge in [-0.3, -0.25) is 9.59 Å². The zero-order valence-corrected chi connectivity index (χ0v) is 18.3. The fourth-order valence-electron chi connectivity index (χ4n) is 3.84. The molecule has 1 N–H and O–H groups in total. The van der Waals surface area contributed by atoms with Crippen LogP contribution in [0.15, 0.2) is 83.7 Å². The van der Waals surface area contributed by atoms with Crippen LogP contribution >= 0.6 is 0 Å². The summed E-state index contributed by atoms with van der Waals surface area (Å²) in [5.41, 5.74) is 5.01. The molecular formula is C27H27N3O2. The van der Waals surface area contributed by atoms with Crippen molar-refractivity contribution in [3.05, 3.63) is 106 Å². The van der Waals surface area contributed by atoms with Crippen molar-refractivity contribution in [3.63, 3.8) is 0 Å². The first kappa shape index (κ1) is 21.5. The molecule has 0 aliphatic carbocycles. The van der Waals surface area contributed by atoms with Crippen molar-refractivity contribution >= 4 is 22.6 Å². The normalized spacial score (nSPS) is 10.9. The van der Waals surface area contributed by atoms with Gasteiger partial charge >= 0.3 is 0 Å². The fourth-order valence-corrected chi connectivity index (χ4v) is 3.84. The van der Waals surface area contributed by atoms with Crippen LogP contribution in [0.2, 0.25) is 0 Å². The number of hydrogen-bond acceptors (Lipinski definition) is 3. The van der Waals surface area contributed by atoms with E-state index in [-0.39, 0.29) is 17.9 Å². The number of rotatable bonds is 8. The first-order valence-corrected chi connectivity index (χ1v) is 11.0. The maximum absolute atomic E-state index is 13.2. The number of benzene rings is 3. The highest BCUT2D eigenvalue weighted by Crippen LogP contribution is 2.14. The van der Waals surface area contributed by atoms with Crippen LogP contribution in [0.4, 0.5) is 5.69 Å². The summed E-state index contributed by atoms with van der Waals surface area (Å²) in [5, 5.41) is 2.93. The number of amides is 1. The van der Waals surface area contributed by atoms with E-state index in [0.29, 0.717) is 18.7 Å². The minimum Gasteiger partial charge on any atom is -0.326 e. The third-order valence-corrected chi connectivity index (χ3v) is 5.59. The summed E-state index contributed by atoms with van der Waals surface area (Å²) < 4.78 is 1.79. The van der Waals surface area contributed by atoms with Crippen molar-refractivity contribution in [2.24, 2.45) is 0 Å². The topological polar surface area (TPSA) is 64.0 Å². The first-order valence-electron chi connectivity index (χ1n) is 11.0. The number of anilines is 1. The number of fused-ring (bicyclic) bond motifs is 1. The van der Waals surface area contributed by atoms with Gasteiger partial charge in [-0.15, -0.1) is 0 Å². The molecule has 0 aliphatic heterocycles. The van der Waals surface area contributed by atoms with Crippen molar-refractivity contribution in [1.82, 2.24) is 9.55 Å². The standard InChI is InChI=1S/C27H27N3O2/c1-2-20-11-8-12-22(19-20)28-26(31)16-15-24-27(32)30(18-17-21-9-4-3-5-10-21)25-14-7-6-13-23(25)29-24/h3-14,19H,2,15-18H2,1H3,(H,28,31). The Morgan fingerprint density at radius 2 is 1.66 bits per heavy atom. The average Bonchev–Trinajstić information content (AvgIpc) is 2.83. The monoisotopic (exact) mass is 425 g/mol. The summed E-state index contributed by atoms with van der Waals surface area (Å²) in [7, 11) is 0. The van der Waals surface area contributed by atoms with Crippen LogP contribution in [0.5, 0.6) is 0 Å². The average molecular weight is 426 g/mol. The Morgan fingerprint density at radius 3 is 2.47 bits per heavy atom. The highest BCUT2D eigenvalue weighted by Gasteiger charge is 2.13. The lowest BCUT2D eigenvalue weighted by Gasteiger charge is -2.12. The molecule has 0 saturated carbocycles. The molecule has 0 radical (unpaired) electrons. The van der Waals surface area contributed by atoms with E-state index in [1.165, 1.54) is 11.1 Å². The quantitative estimate of drug-likeness (QED) is 0.442. The maximum Gasteiger partial charge on any atom is 0.272 e. The second-order valence-corrected chi connectivity index (χ2v) is 7.84. The van der Waals surface area contributed by atoms with Crippen molar-refractivity contribution in [2.75, 3.05) is 5.32 Å². The molecule has 4 aromatic rings. The van der Waals surface area contributed by atoms with Gasteiger partial charge in [-0.2, -0.15) is 0 Å². The van der Waals surface area contributed by atoms with E-state index >= 15 is 0 Å². The van der Waals surface area contributed by atoms with Gasteiger partial charge in [0.25, 0.3) is 5.56 Å². The molecule has 0 spiro atoms. The molecule has 32 heavy (non-hydrogen) atoms. The highest BCUT2D eigenvalue weighted by molar-refractivity contribution is 5.90. The zero-order valence-electron chi connectivity index (χ0n) is 18.3. The Labute approximate surface area is 187 Å². The van der Waals surface area contributed by atoms with Crippen LogP contribution in [0.25, 0.3) is 11.0 Å². The lowest BCUT2D eigenvalue weighted by molar-refractivity contribution is -0.116. The highest BCUT2D eigenvalue weighted by atomic mass is 16.1. The van der Waals surface area contributed by atoms with Gasteiger partial charge in [0.05, 0.1) is 11.0 Å². The predicted octanol–water partition coefficient (Wildman–Crippen LogP) is 4.77. The summed E-state index contributed by atoms with van der Waals surface area (Å²) >= 11 is 0. The number of nitrogens with zero attached hydrogens (tertiary/aromatic N) is 2. The lowest BCUT2D eigenvalue weighted by atomic mass is 10.1. The van der Waals surface area contributed by atoms with Crippen LogP contribution in [0.1, 0.15) is 30.2 Å². The van der Waals surface area contributed by atoms with Gasteiger partial charge in [0.15, 0.2) is 0 Å². The van der Waals surface area contributed by atoms with Gasteiger partial charge in [-0.05, 0) is 48.2 Å². The van der Waals surface area contributed by atoms with Crippen molar-refractivity contribution in [3.8, 4) is 0 Å². The molecule has 1 amide bonds. The fraction of sp³-hybridized carbons (Fsp3) is 0.222. The number of carbonyl (C=O) groups excluding carboxylic acids is 1. The molecule has 0 aliphatic rings. The van der Waals surface area contributed by atoms with Gasteiger partial charge in [0.1, 0.15) is 5.69 Å². The van der Waals surface area contributed by atoms with E-state index < -0.39 is 0 Å². The van der Waals surface area contributed by atoms with E-state index in [2.05, 4.69) is 29.4 Å². The smallest absolute Gasteiger partial charge is 0.272 e. The molecule has 0 fully saturated rings. The summed E-state index contributed by atoms with van der Waals surface area (Å²) in [6.07, 6.45) is 2.17. The molecule has 0 unspecified atom stereocenters. The minimum absolute atomic E-state index is 0.122. The van der Waals surface area contributed by atoms with Crippen molar-refractivity contribution < 1.29 is 4.79 Å². The second kappa shape index (κ2) is 10.1. The minimum atomic E-state index is -0.125.